The molecule has 0 bridgehead atoms. The summed E-state index contributed by atoms with van der Waals surface area (Å²) in [5.41, 5.74) is -0.379. The first-order chi connectivity index (χ1) is 15.7. The van der Waals surface area contributed by atoms with Gasteiger partial charge in [0.2, 0.25) is 5.88 Å². The highest BCUT2D eigenvalue weighted by Gasteiger charge is 2.62. The maximum absolute atomic E-state index is 13.0. The van der Waals surface area contributed by atoms with Gasteiger partial charge in [0.25, 0.3) is 5.91 Å². The lowest BCUT2D eigenvalue weighted by molar-refractivity contribution is -0.190. The highest BCUT2D eigenvalue weighted by atomic mass is 35.5. The molecular formula is C22H20ClF3N4O2S. The monoisotopic (exact) mass is 496 g/mol. The van der Waals surface area contributed by atoms with Gasteiger partial charge in [0.1, 0.15) is 5.15 Å². The predicted molar refractivity (Wildman–Crippen MR) is 119 cm³/mol. The third-order valence-corrected chi connectivity index (χ3v) is 6.76. The molecule has 1 aliphatic carbocycles. The minimum atomic E-state index is -4.21. The molecule has 6 nitrogen and oxygen atoms in total. The van der Waals surface area contributed by atoms with Gasteiger partial charge in [-0.3, -0.25) is 9.52 Å². The number of aryl methyl sites for hydroxylation is 1. The topological polar surface area (TPSA) is 69.0 Å². The Morgan fingerprint density at radius 3 is 2.67 bits per heavy atom. The first-order valence-corrected chi connectivity index (χ1v) is 11.3. The normalized spacial score (nSPS) is 14.7. The van der Waals surface area contributed by atoms with Gasteiger partial charge in [-0.25, -0.2) is 9.67 Å². The first kappa shape index (κ1) is 23.4. The van der Waals surface area contributed by atoms with E-state index >= 15 is 0 Å². The molecule has 0 radical (unpaired) electrons. The molecule has 0 spiro atoms. The number of halogens is 4. The van der Waals surface area contributed by atoms with Crippen molar-refractivity contribution in [1.82, 2.24) is 19.5 Å². The molecule has 1 saturated carbocycles. The van der Waals surface area contributed by atoms with Crippen molar-refractivity contribution < 1.29 is 22.7 Å². The van der Waals surface area contributed by atoms with Crippen LogP contribution >= 0.6 is 23.5 Å². The van der Waals surface area contributed by atoms with Gasteiger partial charge in [0, 0.05) is 17.2 Å². The number of aromatic nitrogens is 3. The molecule has 0 atom stereocenters. The molecule has 1 aliphatic rings. The summed E-state index contributed by atoms with van der Waals surface area (Å²) >= 11 is 7.40. The van der Waals surface area contributed by atoms with Crippen molar-refractivity contribution in [2.24, 2.45) is 5.41 Å². The molecule has 0 saturated heterocycles. The number of amides is 1. The summed E-state index contributed by atoms with van der Waals surface area (Å²) in [6, 6.07) is 12.3. The molecule has 3 aromatic rings. The molecule has 1 N–H and O–H groups in total. The van der Waals surface area contributed by atoms with E-state index in [0.717, 1.165) is 10.5 Å². The minimum absolute atomic E-state index is 0.00537. The lowest BCUT2D eigenvalue weighted by Crippen LogP contribution is -2.26. The molecule has 33 heavy (non-hydrogen) atoms. The molecule has 2 aromatic heterocycles. The summed E-state index contributed by atoms with van der Waals surface area (Å²) in [4.78, 5) is 17.6. The summed E-state index contributed by atoms with van der Waals surface area (Å²) in [5, 5.41) is 4.17. The van der Waals surface area contributed by atoms with E-state index in [2.05, 4.69) is 14.8 Å². The lowest BCUT2D eigenvalue weighted by Gasteiger charge is -2.18. The van der Waals surface area contributed by atoms with Crippen molar-refractivity contribution in [1.29, 1.82) is 0 Å². The molecule has 0 unspecified atom stereocenters. The highest BCUT2D eigenvalue weighted by molar-refractivity contribution is 7.98. The van der Waals surface area contributed by atoms with Gasteiger partial charge in [-0.05, 0) is 61.9 Å². The average molecular weight is 497 g/mol. The maximum Gasteiger partial charge on any atom is 0.394 e. The van der Waals surface area contributed by atoms with Crippen LogP contribution in [0.25, 0.3) is 5.82 Å². The molecule has 174 valence electrons. The molecule has 1 fully saturated rings. The molecule has 2 heterocycles. The van der Waals surface area contributed by atoms with Crippen LogP contribution in [0.15, 0.2) is 53.6 Å². The van der Waals surface area contributed by atoms with Gasteiger partial charge in [0.05, 0.1) is 17.6 Å². The second-order valence-corrected chi connectivity index (χ2v) is 8.99. The zero-order chi connectivity index (χ0) is 23.6. The van der Waals surface area contributed by atoms with E-state index in [0.29, 0.717) is 5.82 Å². The number of rotatable bonds is 8. The Morgan fingerprint density at radius 1 is 1.24 bits per heavy atom. The average Bonchev–Trinajstić information content (AvgIpc) is 3.43. The third kappa shape index (κ3) is 5.27. The van der Waals surface area contributed by atoms with Crippen LogP contribution in [0.4, 0.5) is 13.2 Å². The van der Waals surface area contributed by atoms with Gasteiger partial charge in [-0.1, -0.05) is 29.8 Å². The van der Waals surface area contributed by atoms with Crippen LogP contribution < -0.4 is 9.46 Å². The fourth-order valence-electron chi connectivity index (χ4n) is 3.24. The zero-order valence-electron chi connectivity index (χ0n) is 17.5. The summed E-state index contributed by atoms with van der Waals surface area (Å²) in [6.07, 6.45) is -2.47. The summed E-state index contributed by atoms with van der Waals surface area (Å²) in [5.74, 6) is 0.129. The van der Waals surface area contributed by atoms with E-state index in [4.69, 9.17) is 16.3 Å². The van der Waals surface area contributed by atoms with Crippen LogP contribution in [0, 0.1) is 12.3 Å². The van der Waals surface area contributed by atoms with Gasteiger partial charge in [0.15, 0.2) is 5.82 Å². The number of pyridine rings is 1. The Kier molecular flexibility index (Phi) is 6.58. The van der Waals surface area contributed by atoms with Gasteiger partial charge in [-0.15, -0.1) is 5.10 Å². The highest BCUT2D eigenvalue weighted by Crippen LogP contribution is 2.59. The molecule has 1 aromatic carbocycles. The second-order valence-electron chi connectivity index (χ2n) is 7.78. The van der Waals surface area contributed by atoms with Crippen LogP contribution in [0.3, 0.4) is 0 Å². The number of hydrogen-bond donors (Lipinski definition) is 1. The quantitative estimate of drug-likeness (QED) is 0.316. The Morgan fingerprint density at radius 2 is 2.00 bits per heavy atom. The summed E-state index contributed by atoms with van der Waals surface area (Å²) in [6.45, 7) is 1.86. The van der Waals surface area contributed by atoms with Crippen molar-refractivity contribution in [2.75, 3.05) is 6.61 Å². The van der Waals surface area contributed by atoms with Crippen LogP contribution in [0.1, 0.15) is 35.2 Å². The van der Waals surface area contributed by atoms with Crippen LogP contribution in [0.5, 0.6) is 5.88 Å². The Labute approximate surface area is 197 Å². The van der Waals surface area contributed by atoms with E-state index in [1.165, 1.54) is 28.8 Å². The Balaban J connectivity index is 1.35. The number of carbonyl (C=O) groups excluding carboxylic acids is 1. The van der Waals surface area contributed by atoms with E-state index in [1.54, 1.807) is 12.3 Å². The predicted octanol–water partition coefficient (Wildman–Crippen LogP) is 5.78. The van der Waals surface area contributed by atoms with Crippen LogP contribution in [0.2, 0.25) is 5.15 Å². The zero-order valence-corrected chi connectivity index (χ0v) is 19.1. The van der Waals surface area contributed by atoms with Crippen molar-refractivity contribution in [3.8, 4) is 11.7 Å². The van der Waals surface area contributed by atoms with E-state index in [-0.39, 0.29) is 42.5 Å². The number of ether oxygens (including phenoxy) is 1. The number of alkyl halides is 3. The smallest absolute Gasteiger partial charge is 0.394 e. The van der Waals surface area contributed by atoms with E-state index in [1.807, 2.05) is 31.2 Å². The molecule has 4 rings (SSSR count). The van der Waals surface area contributed by atoms with Crippen molar-refractivity contribution in [2.45, 2.75) is 37.3 Å². The van der Waals surface area contributed by atoms with Crippen molar-refractivity contribution in [3.63, 3.8) is 0 Å². The summed E-state index contributed by atoms with van der Waals surface area (Å²) in [7, 11) is 0. The van der Waals surface area contributed by atoms with Crippen molar-refractivity contribution in [3.05, 3.63) is 64.9 Å². The van der Waals surface area contributed by atoms with Crippen molar-refractivity contribution >= 4 is 29.5 Å². The Hall–Kier alpha value is -2.72. The molecule has 11 heteroatoms. The molecular weight excluding hydrogens is 477 g/mol. The number of hydrogen-bond acceptors (Lipinski definition) is 5. The minimum Gasteiger partial charge on any atom is -0.477 e. The van der Waals surface area contributed by atoms with Gasteiger partial charge < -0.3 is 4.74 Å². The lowest BCUT2D eigenvalue weighted by atomic mass is 10.0. The first-order valence-electron chi connectivity index (χ1n) is 10.1. The van der Waals surface area contributed by atoms with E-state index in [9.17, 15) is 18.0 Å². The standard InChI is InChI=1S/C22H20ClF3N4O2S/c1-14-4-2-3-5-16(14)33-29-20(31)15-6-7-17(27-19(15)23)30-12-8-18(28-30)32-13-11-21(9-10-21)22(24,25)26/h2-8,12H,9-11,13H2,1H3,(H,29,31). The molecule has 0 aliphatic heterocycles. The number of nitrogens with one attached hydrogen (secondary N) is 1. The summed E-state index contributed by atoms with van der Waals surface area (Å²) < 4.78 is 48.5. The third-order valence-electron chi connectivity index (χ3n) is 5.51. The van der Waals surface area contributed by atoms with Crippen LogP contribution in [-0.4, -0.2) is 33.5 Å². The van der Waals surface area contributed by atoms with Crippen LogP contribution in [-0.2, 0) is 0 Å². The number of carbonyl (C=O) groups is 1. The van der Waals surface area contributed by atoms with E-state index < -0.39 is 17.5 Å². The number of nitrogens with zero attached hydrogens (tertiary/aromatic N) is 3. The largest absolute Gasteiger partial charge is 0.477 e. The SMILES string of the molecule is Cc1ccccc1SNC(=O)c1ccc(-n2ccc(OCCC3(C(F)(F)F)CC3)n2)nc1Cl. The fraction of sp³-hybridized carbons (Fsp3) is 0.318. The molecule has 1 amide bonds. The fourth-order valence-corrected chi connectivity index (χ4v) is 4.16. The van der Waals surface area contributed by atoms with Gasteiger partial charge >= 0.3 is 6.18 Å². The second kappa shape index (κ2) is 9.26. The maximum atomic E-state index is 13.0. The Bertz CT molecular complexity index is 1160. The number of benzene rings is 1. The van der Waals surface area contributed by atoms with Gasteiger partial charge in [-0.2, -0.15) is 13.2 Å².